The van der Waals surface area contributed by atoms with Crippen LogP contribution in [0.3, 0.4) is 0 Å². The number of aryl methyl sites for hydroxylation is 1. The van der Waals surface area contributed by atoms with E-state index in [-0.39, 0.29) is 17.9 Å². The van der Waals surface area contributed by atoms with Crippen molar-refractivity contribution in [3.8, 4) is 0 Å². The highest BCUT2D eigenvalue weighted by molar-refractivity contribution is 7.09. The SMILES string of the molecule is Cc1csc(C(NC(=O)C2CCCC2O)C2CC2)n1. The lowest BCUT2D eigenvalue weighted by molar-refractivity contribution is -0.128. The van der Waals surface area contributed by atoms with Gasteiger partial charge >= 0.3 is 0 Å². The van der Waals surface area contributed by atoms with Crippen LogP contribution < -0.4 is 5.32 Å². The van der Waals surface area contributed by atoms with Gasteiger partial charge in [-0.15, -0.1) is 11.3 Å². The topological polar surface area (TPSA) is 62.2 Å². The number of rotatable bonds is 4. The fraction of sp³-hybridized carbons (Fsp3) is 0.714. The van der Waals surface area contributed by atoms with Crippen molar-refractivity contribution in [2.45, 2.75) is 51.2 Å². The Morgan fingerprint density at radius 2 is 2.26 bits per heavy atom. The van der Waals surface area contributed by atoms with Crippen LogP contribution in [0.25, 0.3) is 0 Å². The number of aromatic nitrogens is 1. The molecule has 2 N–H and O–H groups in total. The van der Waals surface area contributed by atoms with E-state index in [9.17, 15) is 9.90 Å². The Bertz CT molecular complexity index is 470. The first kappa shape index (κ1) is 13.1. The van der Waals surface area contributed by atoms with Crippen LogP contribution in [0.2, 0.25) is 0 Å². The zero-order valence-corrected chi connectivity index (χ0v) is 11.9. The van der Waals surface area contributed by atoms with E-state index in [2.05, 4.69) is 10.3 Å². The van der Waals surface area contributed by atoms with Crippen molar-refractivity contribution in [1.29, 1.82) is 0 Å². The maximum atomic E-state index is 12.3. The molecule has 19 heavy (non-hydrogen) atoms. The average Bonchev–Trinajstić information content (AvgIpc) is 2.99. The minimum Gasteiger partial charge on any atom is -0.392 e. The van der Waals surface area contributed by atoms with Crippen molar-refractivity contribution < 1.29 is 9.90 Å². The van der Waals surface area contributed by atoms with Crippen LogP contribution in [-0.2, 0) is 4.79 Å². The van der Waals surface area contributed by atoms with Crippen molar-refractivity contribution in [1.82, 2.24) is 10.3 Å². The first-order valence-corrected chi connectivity index (χ1v) is 7.93. The van der Waals surface area contributed by atoms with Gasteiger partial charge in [0.05, 0.1) is 18.1 Å². The lowest BCUT2D eigenvalue weighted by Crippen LogP contribution is -2.37. The number of aliphatic hydroxyl groups excluding tert-OH is 1. The van der Waals surface area contributed by atoms with Crippen LogP contribution in [0.15, 0.2) is 5.38 Å². The molecule has 0 aliphatic heterocycles. The van der Waals surface area contributed by atoms with Gasteiger partial charge in [0.15, 0.2) is 0 Å². The lowest BCUT2D eigenvalue weighted by Gasteiger charge is -2.20. The molecule has 3 unspecified atom stereocenters. The molecule has 2 fully saturated rings. The second-order valence-electron chi connectivity index (χ2n) is 5.76. The van der Waals surface area contributed by atoms with Gasteiger partial charge in [0.25, 0.3) is 0 Å². The molecule has 0 radical (unpaired) electrons. The molecule has 3 atom stereocenters. The lowest BCUT2D eigenvalue weighted by atomic mass is 10.0. The van der Waals surface area contributed by atoms with Crippen molar-refractivity contribution >= 4 is 17.2 Å². The zero-order chi connectivity index (χ0) is 13.4. The monoisotopic (exact) mass is 280 g/mol. The van der Waals surface area contributed by atoms with Crippen LogP contribution in [0.4, 0.5) is 0 Å². The van der Waals surface area contributed by atoms with E-state index in [1.54, 1.807) is 11.3 Å². The third-order valence-corrected chi connectivity index (χ3v) is 5.16. The van der Waals surface area contributed by atoms with Crippen LogP contribution in [0.5, 0.6) is 0 Å². The summed E-state index contributed by atoms with van der Waals surface area (Å²) in [6.45, 7) is 1.98. The van der Waals surface area contributed by atoms with E-state index in [0.717, 1.165) is 42.8 Å². The maximum absolute atomic E-state index is 12.3. The molecule has 5 heteroatoms. The smallest absolute Gasteiger partial charge is 0.226 e. The number of carbonyl (C=O) groups is 1. The van der Waals surface area contributed by atoms with Gasteiger partial charge in [0.2, 0.25) is 5.91 Å². The fourth-order valence-electron chi connectivity index (χ4n) is 2.83. The van der Waals surface area contributed by atoms with E-state index in [1.807, 2.05) is 12.3 Å². The molecule has 3 rings (SSSR count). The molecule has 0 bridgehead atoms. The zero-order valence-electron chi connectivity index (χ0n) is 11.1. The van der Waals surface area contributed by atoms with Crippen LogP contribution in [0, 0.1) is 18.8 Å². The van der Waals surface area contributed by atoms with Gasteiger partial charge in [-0.2, -0.15) is 0 Å². The van der Waals surface area contributed by atoms with Crippen molar-refractivity contribution in [3.05, 3.63) is 16.1 Å². The summed E-state index contributed by atoms with van der Waals surface area (Å²) in [5, 5.41) is 16.0. The van der Waals surface area contributed by atoms with Crippen molar-refractivity contribution in [2.75, 3.05) is 0 Å². The Morgan fingerprint density at radius 1 is 1.47 bits per heavy atom. The number of amides is 1. The number of nitrogens with zero attached hydrogens (tertiary/aromatic N) is 1. The predicted octanol–water partition coefficient (Wildman–Crippen LogP) is 2.18. The minimum atomic E-state index is -0.460. The predicted molar refractivity (Wildman–Crippen MR) is 73.8 cm³/mol. The number of nitrogens with one attached hydrogen (secondary N) is 1. The Morgan fingerprint density at radius 3 is 2.79 bits per heavy atom. The van der Waals surface area contributed by atoms with Gasteiger partial charge in [-0.3, -0.25) is 4.79 Å². The fourth-order valence-corrected chi connectivity index (χ4v) is 3.77. The molecule has 4 nitrogen and oxygen atoms in total. The Hall–Kier alpha value is -0.940. The number of hydrogen-bond acceptors (Lipinski definition) is 4. The van der Waals surface area contributed by atoms with E-state index in [1.165, 1.54) is 0 Å². The number of hydrogen-bond donors (Lipinski definition) is 2. The molecule has 0 spiro atoms. The van der Waals surface area contributed by atoms with Gasteiger partial charge < -0.3 is 10.4 Å². The van der Waals surface area contributed by atoms with Gasteiger partial charge in [-0.25, -0.2) is 4.98 Å². The molecule has 1 aromatic heterocycles. The molecular weight excluding hydrogens is 260 g/mol. The third-order valence-electron chi connectivity index (χ3n) is 4.11. The molecular formula is C14H20N2O2S. The van der Waals surface area contributed by atoms with E-state index >= 15 is 0 Å². The molecule has 0 aromatic carbocycles. The first-order chi connectivity index (χ1) is 9.15. The second kappa shape index (κ2) is 5.21. The summed E-state index contributed by atoms with van der Waals surface area (Å²) in [6, 6.07) is 0.0546. The quantitative estimate of drug-likeness (QED) is 0.888. The Kier molecular flexibility index (Phi) is 3.58. The first-order valence-electron chi connectivity index (χ1n) is 7.05. The Labute approximate surface area is 117 Å². The summed E-state index contributed by atoms with van der Waals surface area (Å²) in [5.74, 6) is 0.324. The van der Waals surface area contributed by atoms with E-state index in [4.69, 9.17) is 0 Å². The second-order valence-corrected chi connectivity index (χ2v) is 6.65. The molecule has 104 valence electrons. The van der Waals surface area contributed by atoms with Gasteiger partial charge in [0, 0.05) is 11.1 Å². The maximum Gasteiger partial charge on any atom is 0.226 e. The van der Waals surface area contributed by atoms with E-state index < -0.39 is 6.10 Å². The van der Waals surface area contributed by atoms with E-state index in [0.29, 0.717) is 5.92 Å². The number of aliphatic hydroxyl groups is 1. The van der Waals surface area contributed by atoms with Crippen LogP contribution in [0.1, 0.15) is 48.8 Å². The molecule has 1 aromatic rings. The summed E-state index contributed by atoms with van der Waals surface area (Å²) in [4.78, 5) is 16.8. The van der Waals surface area contributed by atoms with Crippen molar-refractivity contribution in [3.63, 3.8) is 0 Å². The standard InChI is InChI=1S/C14H20N2O2S/c1-8-7-19-14(15-8)12(9-5-6-9)16-13(18)10-3-2-4-11(10)17/h7,9-12,17H,2-6H2,1H3,(H,16,18). The molecule has 1 heterocycles. The highest BCUT2D eigenvalue weighted by Crippen LogP contribution is 2.42. The normalized spacial score (nSPS) is 28.3. The summed E-state index contributed by atoms with van der Waals surface area (Å²) in [5.41, 5.74) is 1.01. The average molecular weight is 280 g/mol. The number of carbonyl (C=O) groups excluding carboxylic acids is 1. The summed E-state index contributed by atoms with van der Waals surface area (Å²) >= 11 is 1.62. The summed E-state index contributed by atoms with van der Waals surface area (Å²) in [7, 11) is 0. The van der Waals surface area contributed by atoms with Gasteiger partial charge in [-0.1, -0.05) is 0 Å². The van der Waals surface area contributed by atoms with Gasteiger partial charge in [0.1, 0.15) is 5.01 Å². The van der Waals surface area contributed by atoms with Crippen molar-refractivity contribution in [2.24, 2.45) is 11.8 Å². The molecule has 1 amide bonds. The molecule has 0 saturated heterocycles. The number of thiazole rings is 1. The summed E-state index contributed by atoms with van der Waals surface area (Å²) < 4.78 is 0. The van der Waals surface area contributed by atoms with Gasteiger partial charge in [-0.05, 0) is 44.9 Å². The van der Waals surface area contributed by atoms with Crippen LogP contribution >= 0.6 is 11.3 Å². The Balaban J connectivity index is 1.70. The molecule has 2 saturated carbocycles. The largest absolute Gasteiger partial charge is 0.392 e. The molecule has 2 aliphatic carbocycles. The highest BCUT2D eigenvalue weighted by atomic mass is 32.1. The third kappa shape index (κ3) is 2.82. The highest BCUT2D eigenvalue weighted by Gasteiger charge is 2.38. The van der Waals surface area contributed by atoms with Crippen LogP contribution in [-0.4, -0.2) is 22.1 Å². The minimum absolute atomic E-state index is 0.00903. The summed E-state index contributed by atoms with van der Waals surface area (Å²) in [6.07, 6.45) is 4.37. The molecule has 2 aliphatic rings.